The minimum Gasteiger partial charge on any atom is -0.379 e. The lowest BCUT2D eigenvalue weighted by atomic mass is 9.63. The highest BCUT2D eigenvalue weighted by molar-refractivity contribution is 5.21. The van der Waals surface area contributed by atoms with Crippen molar-refractivity contribution in [3.8, 4) is 0 Å². The first-order chi connectivity index (χ1) is 9.84. The molecule has 3 heteroatoms. The molecule has 3 aliphatic carbocycles. The van der Waals surface area contributed by atoms with E-state index >= 15 is 0 Å². The molecule has 0 amide bonds. The Morgan fingerprint density at radius 1 is 1.10 bits per heavy atom. The zero-order valence-corrected chi connectivity index (χ0v) is 14.1. The fourth-order valence-corrected chi connectivity index (χ4v) is 6.86. The largest absolute Gasteiger partial charge is 0.379 e. The van der Waals surface area contributed by atoms with Crippen LogP contribution in [0.3, 0.4) is 0 Å². The van der Waals surface area contributed by atoms with Gasteiger partial charge < -0.3 is 14.2 Å². The molecule has 3 nitrogen and oxygen atoms in total. The molecule has 120 valence electrons. The lowest BCUT2D eigenvalue weighted by molar-refractivity contribution is -0.140. The van der Waals surface area contributed by atoms with Crippen LogP contribution in [0, 0.1) is 28.6 Å². The molecule has 0 unspecified atom stereocenters. The zero-order chi connectivity index (χ0) is 15.0. The van der Waals surface area contributed by atoms with Crippen molar-refractivity contribution in [2.45, 2.75) is 71.4 Å². The van der Waals surface area contributed by atoms with Crippen LogP contribution in [-0.2, 0) is 14.2 Å². The summed E-state index contributed by atoms with van der Waals surface area (Å²) in [7, 11) is 1.72. The van der Waals surface area contributed by atoms with Crippen LogP contribution in [0.4, 0.5) is 0 Å². The highest BCUT2D eigenvalue weighted by atomic mass is 16.8. The molecule has 0 aromatic rings. The molecule has 2 bridgehead atoms. The number of methoxy groups -OCH3 is 1. The second kappa shape index (κ2) is 4.24. The van der Waals surface area contributed by atoms with Gasteiger partial charge in [0.15, 0.2) is 6.29 Å². The summed E-state index contributed by atoms with van der Waals surface area (Å²) in [6, 6.07) is 0. The van der Waals surface area contributed by atoms with Crippen molar-refractivity contribution in [1.82, 2.24) is 0 Å². The average Bonchev–Trinajstić information content (AvgIpc) is 2.95. The third-order valence-corrected chi connectivity index (χ3v) is 7.84. The van der Waals surface area contributed by atoms with Gasteiger partial charge in [0.2, 0.25) is 0 Å². The SMILES string of the molecule is COC[C@H]1O[C@H]2C[C@@]34C[C@H](C(C)(C)[C@@H]3CC[C@H]4C)[C@@]2(C)O1. The summed E-state index contributed by atoms with van der Waals surface area (Å²) >= 11 is 0. The second-order valence-electron chi connectivity index (χ2n) is 8.86. The third-order valence-electron chi connectivity index (χ3n) is 7.84. The summed E-state index contributed by atoms with van der Waals surface area (Å²) < 4.78 is 18.0. The minimum atomic E-state index is -0.174. The summed E-state index contributed by atoms with van der Waals surface area (Å²) in [6.07, 6.45) is 5.40. The van der Waals surface area contributed by atoms with E-state index in [1.807, 2.05) is 0 Å². The first-order valence-electron chi connectivity index (χ1n) is 8.67. The van der Waals surface area contributed by atoms with Gasteiger partial charge in [-0.3, -0.25) is 0 Å². The molecule has 0 aromatic carbocycles. The molecular formula is C18H30O3. The van der Waals surface area contributed by atoms with Gasteiger partial charge in [0.05, 0.1) is 18.3 Å². The van der Waals surface area contributed by atoms with Gasteiger partial charge in [-0.15, -0.1) is 0 Å². The Morgan fingerprint density at radius 2 is 1.86 bits per heavy atom. The number of rotatable bonds is 2. The second-order valence-corrected chi connectivity index (χ2v) is 8.86. The van der Waals surface area contributed by atoms with Gasteiger partial charge in [0.1, 0.15) is 0 Å². The molecule has 1 saturated heterocycles. The fourth-order valence-electron chi connectivity index (χ4n) is 6.86. The maximum absolute atomic E-state index is 6.41. The van der Waals surface area contributed by atoms with E-state index in [-0.39, 0.29) is 18.0 Å². The molecular weight excluding hydrogens is 264 g/mol. The number of hydrogen-bond donors (Lipinski definition) is 0. The standard InChI is InChI=1S/C18H30O3/c1-11-6-7-12-16(2,3)13-8-18(11,12)9-14-17(13,4)21-15(20-14)10-19-5/h11-15H,6-10H2,1-5H3/t11-,12+,13-,14+,15+,17-,18-/m1/s1. The molecule has 0 radical (unpaired) electrons. The fraction of sp³-hybridized carbons (Fsp3) is 1.00. The predicted molar refractivity (Wildman–Crippen MR) is 80.9 cm³/mol. The van der Waals surface area contributed by atoms with Crippen molar-refractivity contribution in [1.29, 1.82) is 0 Å². The number of ether oxygens (including phenoxy) is 3. The van der Waals surface area contributed by atoms with Crippen molar-refractivity contribution < 1.29 is 14.2 Å². The zero-order valence-electron chi connectivity index (χ0n) is 14.1. The minimum absolute atomic E-state index is 0.123. The molecule has 21 heavy (non-hydrogen) atoms. The first-order valence-corrected chi connectivity index (χ1v) is 8.67. The smallest absolute Gasteiger partial charge is 0.182 e. The quantitative estimate of drug-likeness (QED) is 0.778. The molecule has 0 N–H and O–H groups in total. The molecule has 4 rings (SSSR count). The van der Waals surface area contributed by atoms with Gasteiger partial charge in [-0.1, -0.05) is 20.8 Å². The van der Waals surface area contributed by atoms with Gasteiger partial charge in [-0.25, -0.2) is 0 Å². The molecule has 7 atom stereocenters. The first kappa shape index (κ1) is 14.5. The molecule has 4 fully saturated rings. The van der Waals surface area contributed by atoms with Crippen LogP contribution in [-0.4, -0.2) is 31.7 Å². The summed E-state index contributed by atoms with van der Waals surface area (Å²) in [5.41, 5.74) is 0.741. The van der Waals surface area contributed by atoms with Gasteiger partial charge in [-0.05, 0) is 61.2 Å². The van der Waals surface area contributed by atoms with Gasteiger partial charge in [0.25, 0.3) is 0 Å². The Bertz CT molecular complexity index is 448. The summed E-state index contributed by atoms with van der Waals surface area (Å²) in [6.45, 7) is 10.3. The highest BCUT2D eigenvalue weighted by Gasteiger charge is 2.73. The Labute approximate surface area is 128 Å². The molecule has 0 aromatic heterocycles. The van der Waals surface area contributed by atoms with E-state index in [0.717, 1.165) is 11.8 Å². The van der Waals surface area contributed by atoms with Gasteiger partial charge >= 0.3 is 0 Å². The topological polar surface area (TPSA) is 27.7 Å². The highest BCUT2D eigenvalue weighted by Crippen LogP contribution is 2.74. The van der Waals surface area contributed by atoms with E-state index < -0.39 is 0 Å². The summed E-state index contributed by atoms with van der Waals surface area (Å²) in [4.78, 5) is 0. The predicted octanol–water partition coefficient (Wildman–Crippen LogP) is 3.62. The van der Waals surface area contributed by atoms with E-state index in [1.165, 1.54) is 25.7 Å². The Hall–Kier alpha value is -0.120. The van der Waals surface area contributed by atoms with Gasteiger partial charge in [0, 0.05) is 7.11 Å². The maximum Gasteiger partial charge on any atom is 0.182 e. The number of fused-ring (bicyclic) bond motifs is 3. The molecule has 3 saturated carbocycles. The van der Waals surface area contributed by atoms with Gasteiger partial charge in [-0.2, -0.15) is 0 Å². The lowest BCUT2D eigenvalue weighted by Gasteiger charge is -2.47. The van der Waals surface area contributed by atoms with Crippen molar-refractivity contribution in [2.75, 3.05) is 13.7 Å². The summed E-state index contributed by atoms with van der Waals surface area (Å²) in [5.74, 6) is 2.29. The molecule has 4 aliphatic rings. The van der Waals surface area contributed by atoms with E-state index in [4.69, 9.17) is 14.2 Å². The molecule has 1 heterocycles. The van der Waals surface area contributed by atoms with E-state index in [0.29, 0.717) is 23.4 Å². The van der Waals surface area contributed by atoms with Crippen LogP contribution in [0.1, 0.15) is 53.4 Å². The van der Waals surface area contributed by atoms with E-state index in [1.54, 1.807) is 7.11 Å². The van der Waals surface area contributed by atoms with Crippen LogP contribution in [0.2, 0.25) is 0 Å². The molecule has 1 spiro atoms. The number of hydrogen-bond acceptors (Lipinski definition) is 3. The maximum atomic E-state index is 6.41. The summed E-state index contributed by atoms with van der Waals surface area (Å²) in [5, 5.41) is 0. The Kier molecular flexibility index (Phi) is 2.92. The molecule has 1 aliphatic heterocycles. The third kappa shape index (κ3) is 1.61. The normalized spacial score (nSPS) is 57.3. The van der Waals surface area contributed by atoms with Crippen LogP contribution in [0.15, 0.2) is 0 Å². The lowest BCUT2D eigenvalue weighted by Crippen LogP contribution is -2.52. The van der Waals surface area contributed by atoms with Crippen molar-refractivity contribution >= 4 is 0 Å². The van der Waals surface area contributed by atoms with Crippen LogP contribution < -0.4 is 0 Å². The van der Waals surface area contributed by atoms with Crippen LogP contribution >= 0.6 is 0 Å². The Morgan fingerprint density at radius 3 is 2.57 bits per heavy atom. The van der Waals surface area contributed by atoms with E-state index in [9.17, 15) is 0 Å². The monoisotopic (exact) mass is 294 g/mol. The van der Waals surface area contributed by atoms with E-state index in [2.05, 4.69) is 27.7 Å². The van der Waals surface area contributed by atoms with Crippen molar-refractivity contribution in [3.63, 3.8) is 0 Å². The van der Waals surface area contributed by atoms with Crippen molar-refractivity contribution in [2.24, 2.45) is 28.6 Å². The van der Waals surface area contributed by atoms with Crippen LogP contribution in [0.5, 0.6) is 0 Å². The Balaban J connectivity index is 1.72. The van der Waals surface area contributed by atoms with Crippen molar-refractivity contribution in [3.05, 3.63) is 0 Å². The van der Waals surface area contributed by atoms with Crippen LogP contribution in [0.25, 0.3) is 0 Å². The average molecular weight is 294 g/mol.